The highest BCUT2D eigenvalue weighted by atomic mass is 19.1. The lowest BCUT2D eigenvalue weighted by Gasteiger charge is -2.07. The van der Waals surface area contributed by atoms with Crippen molar-refractivity contribution in [1.82, 2.24) is 0 Å². The Balaban J connectivity index is 2.41. The number of carbonyl (C=O) groups is 1. The van der Waals surface area contributed by atoms with Gasteiger partial charge in [-0.25, -0.2) is 4.39 Å². The Kier molecular flexibility index (Phi) is 3.02. The normalized spacial score (nSPS) is 17.2. The molecule has 60 valence electrons. The SMILES string of the molecule is O=CCCC1=CC=C(F)CC1. The van der Waals surface area contributed by atoms with Gasteiger partial charge in [-0.2, -0.15) is 0 Å². The minimum Gasteiger partial charge on any atom is -0.303 e. The van der Waals surface area contributed by atoms with Crippen LogP contribution >= 0.6 is 0 Å². The summed E-state index contributed by atoms with van der Waals surface area (Å²) in [6.45, 7) is 0. The van der Waals surface area contributed by atoms with E-state index in [1.165, 1.54) is 11.6 Å². The zero-order chi connectivity index (χ0) is 8.10. The smallest absolute Gasteiger partial charge is 0.120 e. The summed E-state index contributed by atoms with van der Waals surface area (Å²) < 4.78 is 12.4. The second-order valence-electron chi connectivity index (χ2n) is 2.64. The molecular weight excluding hydrogens is 143 g/mol. The molecule has 0 aliphatic heterocycles. The predicted octanol–water partition coefficient (Wildman–Crippen LogP) is 2.54. The third kappa shape index (κ3) is 2.66. The van der Waals surface area contributed by atoms with Crippen LogP contribution in [0.4, 0.5) is 4.39 Å². The van der Waals surface area contributed by atoms with Crippen LogP contribution in [-0.4, -0.2) is 6.29 Å². The molecule has 0 amide bonds. The van der Waals surface area contributed by atoms with E-state index in [2.05, 4.69) is 0 Å². The van der Waals surface area contributed by atoms with Crippen molar-refractivity contribution >= 4 is 6.29 Å². The second-order valence-corrected chi connectivity index (χ2v) is 2.64. The van der Waals surface area contributed by atoms with E-state index in [-0.39, 0.29) is 5.83 Å². The third-order valence-corrected chi connectivity index (χ3v) is 1.77. The molecule has 0 N–H and O–H groups in total. The molecule has 11 heavy (non-hydrogen) atoms. The third-order valence-electron chi connectivity index (χ3n) is 1.77. The van der Waals surface area contributed by atoms with Gasteiger partial charge in [0.1, 0.15) is 12.1 Å². The molecule has 0 saturated carbocycles. The van der Waals surface area contributed by atoms with E-state index in [0.29, 0.717) is 12.8 Å². The van der Waals surface area contributed by atoms with E-state index < -0.39 is 0 Å². The van der Waals surface area contributed by atoms with Gasteiger partial charge >= 0.3 is 0 Å². The quantitative estimate of drug-likeness (QED) is 0.571. The molecule has 0 aromatic carbocycles. The molecule has 0 fully saturated rings. The maximum absolute atomic E-state index is 12.4. The maximum Gasteiger partial charge on any atom is 0.120 e. The minimum absolute atomic E-state index is 0.0557. The van der Waals surface area contributed by atoms with Crippen LogP contribution in [0, 0.1) is 0 Å². The standard InChI is InChI=1S/C9H11FO/c10-9-5-3-8(4-6-9)2-1-7-11/h3,5,7H,1-2,4,6H2. The van der Waals surface area contributed by atoms with Crippen molar-refractivity contribution in [3.05, 3.63) is 23.6 Å². The maximum atomic E-state index is 12.4. The first kappa shape index (κ1) is 8.18. The number of hydrogen-bond acceptors (Lipinski definition) is 1. The lowest BCUT2D eigenvalue weighted by atomic mass is 10.0. The first-order valence-corrected chi connectivity index (χ1v) is 3.80. The van der Waals surface area contributed by atoms with Crippen molar-refractivity contribution in [3.63, 3.8) is 0 Å². The molecule has 0 spiro atoms. The summed E-state index contributed by atoms with van der Waals surface area (Å²) in [6, 6.07) is 0. The highest BCUT2D eigenvalue weighted by Gasteiger charge is 2.04. The Hall–Kier alpha value is -0.920. The number of allylic oxidation sites excluding steroid dienone is 4. The molecule has 0 saturated heterocycles. The average molecular weight is 154 g/mol. The molecule has 1 aliphatic rings. The van der Waals surface area contributed by atoms with Crippen molar-refractivity contribution in [2.75, 3.05) is 0 Å². The van der Waals surface area contributed by atoms with Gasteiger partial charge in [0.2, 0.25) is 0 Å². The van der Waals surface area contributed by atoms with Gasteiger partial charge in [-0.05, 0) is 18.9 Å². The van der Waals surface area contributed by atoms with Crippen molar-refractivity contribution in [1.29, 1.82) is 0 Å². The van der Waals surface area contributed by atoms with E-state index in [4.69, 9.17) is 0 Å². The zero-order valence-electron chi connectivity index (χ0n) is 6.35. The van der Waals surface area contributed by atoms with Crippen LogP contribution in [0.2, 0.25) is 0 Å². The van der Waals surface area contributed by atoms with E-state index in [1.54, 1.807) is 6.08 Å². The first-order valence-electron chi connectivity index (χ1n) is 3.80. The van der Waals surface area contributed by atoms with Crippen LogP contribution in [0.1, 0.15) is 25.7 Å². The van der Waals surface area contributed by atoms with Crippen molar-refractivity contribution in [2.24, 2.45) is 0 Å². The summed E-state index contributed by atoms with van der Waals surface area (Å²) in [6.07, 6.45) is 6.79. The highest BCUT2D eigenvalue weighted by molar-refractivity contribution is 5.50. The zero-order valence-corrected chi connectivity index (χ0v) is 6.35. The van der Waals surface area contributed by atoms with Gasteiger partial charge in [0, 0.05) is 12.8 Å². The number of carbonyl (C=O) groups excluding carboxylic acids is 1. The minimum atomic E-state index is -0.0557. The molecule has 0 heterocycles. The molecule has 0 radical (unpaired) electrons. The molecule has 1 nitrogen and oxygen atoms in total. The van der Waals surface area contributed by atoms with Gasteiger partial charge in [-0.15, -0.1) is 0 Å². The fourth-order valence-electron chi connectivity index (χ4n) is 1.11. The van der Waals surface area contributed by atoms with E-state index in [9.17, 15) is 9.18 Å². The molecule has 0 bridgehead atoms. The van der Waals surface area contributed by atoms with Gasteiger partial charge < -0.3 is 4.79 Å². The molecule has 0 unspecified atom stereocenters. The average Bonchev–Trinajstić information content (AvgIpc) is 2.04. The molecule has 0 atom stereocenters. The van der Waals surface area contributed by atoms with Gasteiger partial charge in [0.15, 0.2) is 0 Å². The Morgan fingerprint density at radius 2 is 2.27 bits per heavy atom. The number of aldehydes is 1. The van der Waals surface area contributed by atoms with Crippen LogP contribution in [-0.2, 0) is 4.79 Å². The van der Waals surface area contributed by atoms with Crippen LogP contribution in [0.15, 0.2) is 23.6 Å². The topological polar surface area (TPSA) is 17.1 Å². The lowest BCUT2D eigenvalue weighted by molar-refractivity contribution is -0.107. The van der Waals surface area contributed by atoms with Crippen LogP contribution in [0.5, 0.6) is 0 Å². The van der Waals surface area contributed by atoms with Crippen LogP contribution < -0.4 is 0 Å². The molecule has 0 aromatic heterocycles. The molecule has 1 rings (SSSR count). The fourth-order valence-corrected chi connectivity index (χ4v) is 1.11. The van der Waals surface area contributed by atoms with Crippen molar-refractivity contribution in [3.8, 4) is 0 Å². The van der Waals surface area contributed by atoms with E-state index in [1.807, 2.05) is 0 Å². The Bertz CT molecular complexity index is 204. The van der Waals surface area contributed by atoms with Crippen molar-refractivity contribution in [2.45, 2.75) is 25.7 Å². The monoisotopic (exact) mass is 154 g/mol. The first-order chi connectivity index (χ1) is 5.33. The molecule has 2 heteroatoms. The molecular formula is C9H11FO. The number of halogens is 1. The van der Waals surface area contributed by atoms with Gasteiger partial charge in [-0.3, -0.25) is 0 Å². The Morgan fingerprint density at radius 1 is 1.45 bits per heavy atom. The summed E-state index contributed by atoms with van der Waals surface area (Å²) in [5.41, 5.74) is 1.18. The summed E-state index contributed by atoms with van der Waals surface area (Å²) in [5, 5.41) is 0. The highest BCUT2D eigenvalue weighted by Crippen LogP contribution is 2.21. The molecule has 1 aliphatic carbocycles. The van der Waals surface area contributed by atoms with E-state index in [0.717, 1.165) is 19.1 Å². The summed E-state index contributed by atoms with van der Waals surface area (Å²) >= 11 is 0. The second kappa shape index (κ2) is 4.06. The number of rotatable bonds is 3. The predicted molar refractivity (Wildman–Crippen MR) is 41.8 cm³/mol. The lowest BCUT2D eigenvalue weighted by Crippen LogP contribution is -1.90. The van der Waals surface area contributed by atoms with E-state index >= 15 is 0 Å². The van der Waals surface area contributed by atoms with Gasteiger partial charge in [0.05, 0.1) is 0 Å². The van der Waals surface area contributed by atoms with Crippen molar-refractivity contribution < 1.29 is 9.18 Å². The largest absolute Gasteiger partial charge is 0.303 e. The summed E-state index contributed by atoms with van der Waals surface area (Å²) in [5.74, 6) is -0.0557. The Labute approximate surface area is 65.6 Å². The van der Waals surface area contributed by atoms with Gasteiger partial charge in [-0.1, -0.05) is 11.6 Å². The summed E-state index contributed by atoms with van der Waals surface area (Å²) in [4.78, 5) is 10.00. The number of hydrogen-bond donors (Lipinski definition) is 0. The fraction of sp³-hybridized carbons (Fsp3) is 0.444. The van der Waals surface area contributed by atoms with Gasteiger partial charge in [0.25, 0.3) is 0 Å². The van der Waals surface area contributed by atoms with Crippen LogP contribution in [0.25, 0.3) is 0 Å². The molecule has 0 aromatic rings. The Morgan fingerprint density at radius 3 is 2.82 bits per heavy atom. The van der Waals surface area contributed by atoms with Crippen LogP contribution in [0.3, 0.4) is 0 Å². The summed E-state index contributed by atoms with van der Waals surface area (Å²) in [7, 11) is 0.